The minimum Gasteiger partial charge on any atom is -0.382 e. The van der Waals surface area contributed by atoms with E-state index >= 15 is 0 Å². The molecule has 2 aromatic rings. The second-order valence-corrected chi connectivity index (χ2v) is 4.28. The summed E-state index contributed by atoms with van der Waals surface area (Å²) in [7, 11) is 0. The molecule has 92 valence electrons. The van der Waals surface area contributed by atoms with Gasteiger partial charge in [0.1, 0.15) is 11.8 Å². The smallest absolute Gasteiger partial charge is 0.224 e. The summed E-state index contributed by atoms with van der Waals surface area (Å²) in [5.41, 5.74) is 12.3. The van der Waals surface area contributed by atoms with Crippen molar-refractivity contribution in [3.8, 4) is 0 Å². The maximum absolute atomic E-state index is 11.1. The monoisotopic (exact) mass is 244 g/mol. The zero-order valence-electron chi connectivity index (χ0n) is 9.52. The van der Waals surface area contributed by atoms with E-state index in [0.29, 0.717) is 23.4 Å². The van der Waals surface area contributed by atoms with Crippen LogP contribution in [0.15, 0.2) is 24.8 Å². The molecule has 7 heteroatoms. The predicted molar refractivity (Wildman–Crippen MR) is 65.2 cm³/mol. The lowest BCUT2D eigenvalue weighted by molar-refractivity contribution is -0.120. The van der Waals surface area contributed by atoms with Crippen LogP contribution in [0.25, 0.3) is 11.2 Å². The Kier molecular flexibility index (Phi) is 2.26. The SMILES string of the molecule is NC(=O)[C@H]1C=CC(n2cnc3c(N)ncnc32)C1. The van der Waals surface area contributed by atoms with Crippen LogP contribution in [0.2, 0.25) is 0 Å². The number of hydrogen-bond donors (Lipinski definition) is 2. The molecule has 1 aliphatic carbocycles. The highest BCUT2D eigenvalue weighted by atomic mass is 16.1. The Bertz CT molecular complexity index is 646. The summed E-state index contributed by atoms with van der Waals surface area (Å²) in [4.78, 5) is 23.4. The van der Waals surface area contributed by atoms with E-state index in [4.69, 9.17) is 11.5 Å². The lowest BCUT2D eigenvalue weighted by atomic mass is 10.1. The summed E-state index contributed by atoms with van der Waals surface area (Å²) in [5, 5.41) is 0. The molecule has 0 fully saturated rings. The quantitative estimate of drug-likeness (QED) is 0.722. The number of fused-ring (bicyclic) bond motifs is 1. The lowest BCUT2D eigenvalue weighted by Crippen LogP contribution is -2.21. The second-order valence-electron chi connectivity index (χ2n) is 4.28. The van der Waals surface area contributed by atoms with Crippen LogP contribution in [0.4, 0.5) is 5.82 Å². The summed E-state index contributed by atoms with van der Waals surface area (Å²) >= 11 is 0. The maximum atomic E-state index is 11.1. The molecule has 4 N–H and O–H groups in total. The molecule has 2 atom stereocenters. The van der Waals surface area contributed by atoms with Crippen LogP contribution in [0.3, 0.4) is 0 Å². The predicted octanol–water partition coefficient (Wildman–Crippen LogP) is 0.0110. The Morgan fingerprint density at radius 3 is 2.89 bits per heavy atom. The zero-order chi connectivity index (χ0) is 12.7. The highest BCUT2D eigenvalue weighted by Gasteiger charge is 2.25. The van der Waals surface area contributed by atoms with Crippen molar-refractivity contribution < 1.29 is 4.79 Å². The van der Waals surface area contributed by atoms with Gasteiger partial charge in [-0.25, -0.2) is 15.0 Å². The van der Waals surface area contributed by atoms with E-state index in [1.807, 2.05) is 16.7 Å². The number of primary amides is 1. The van der Waals surface area contributed by atoms with Crippen LogP contribution in [-0.2, 0) is 4.79 Å². The Hall–Kier alpha value is -2.44. The number of nitrogen functional groups attached to an aromatic ring is 1. The molecule has 0 saturated heterocycles. The summed E-state index contributed by atoms with van der Waals surface area (Å²) < 4.78 is 1.88. The van der Waals surface area contributed by atoms with Gasteiger partial charge in [-0.2, -0.15) is 0 Å². The first kappa shape index (κ1) is 10.7. The Morgan fingerprint density at radius 2 is 2.17 bits per heavy atom. The van der Waals surface area contributed by atoms with Crippen molar-refractivity contribution in [2.24, 2.45) is 11.7 Å². The first-order valence-corrected chi connectivity index (χ1v) is 5.57. The molecule has 0 spiro atoms. The normalized spacial score (nSPS) is 22.7. The largest absolute Gasteiger partial charge is 0.382 e. The minimum absolute atomic E-state index is 0.0294. The first-order valence-electron chi connectivity index (χ1n) is 5.57. The number of carbonyl (C=O) groups is 1. The molecule has 1 amide bonds. The van der Waals surface area contributed by atoms with E-state index in [1.54, 1.807) is 6.33 Å². The van der Waals surface area contributed by atoms with E-state index in [2.05, 4.69) is 15.0 Å². The number of allylic oxidation sites excluding steroid dienone is 1. The first-order chi connectivity index (χ1) is 8.66. The average Bonchev–Trinajstić information content (AvgIpc) is 2.94. The molecular weight excluding hydrogens is 232 g/mol. The molecule has 2 heterocycles. The maximum Gasteiger partial charge on any atom is 0.224 e. The molecule has 0 radical (unpaired) electrons. The van der Waals surface area contributed by atoms with Gasteiger partial charge >= 0.3 is 0 Å². The van der Waals surface area contributed by atoms with Gasteiger partial charge in [-0.3, -0.25) is 4.79 Å². The van der Waals surface area contributed by atoms with E-state index in [-0.39, 0.29) is 17.9 Å². The fraction of sp³-hybridized carbons (Fsp3) is 0.273. The molecule has 18 heavy (non-hydrogen) atoms. The Labute approximate surface area is 103 Å². The van der Waals surface area contributed by atoms with Crippen LogP contribution in [-0.4, -0.2) is 25.4 Å². The molecule has 3 rings (SSSR count). The van der Waals surface area contributed by atoms with Crippen molar-refractivity contribution in [3.05, 3.63) is 24.8 Å². The van der Waals surface area contributed by atoms with Crippen molar-refractivity contribution in [2.75, 3.05) is 5.73 Å². The molecule has 1 unspecified atom stereocenters. The van der Waals surface area contributed by atoms with Gasteiger partial charge in [-0.1, -0.05) is 12.2 Å². The van der Waals surface area contributed by atoms with E-state index in [1.165, 1.54) is 6.33 Å². The summed E-state index contributed by atoms with van der Waals surface area (Å²) in [6.07, 6.45) is 7.46. The van der Waals surface area contributed by atoms with Crippen LogP contribution in [0.1, 0.15) is 12.5 Å². The fourth-order valence-electron chi connectivity index (χ4n) is 2.21. The number of rotatable bonds is 2. The number of carbonyl (C=O) groups excluding carboxylic acids is 1. The number of aromatic nitrogens is 4. The highest BCUT2D eigenvalue weighted by Crippen LogP contribution is 2.30. The standard InChI is InChI=1S/C11H12N6O/c12-9-8-11(15-4-14-9)17(5-16-8)7-2-1-6(3-7)10(13)18/h1-2,4-7H,3H2,(H2,13,18)(H2,12,14,15)/t6-,7?/m0/s1. The van der Waals surface area contributed by atoms with Gasteiger partial charge in [0.05, 0.1) is 18.3 Å². The minimum atomic E-state index is -0.313. The molecule has 1 aliphatic rings. The molecule has 0 bridgehead atoms. The van der Waals surface area contributed by atoms with Gasteiger partial charge in [0.25, 0.3) is 0 Å². The van der Waals surface area contributed by atoms with Gasteiger partial charge in [-0.15, -0.1) is 0 Å². The van der Waals surface area contributed by atoms with Gasteiger partial charge in [0.15, 0.2) is 11.5 Å². The Morgan fingerprint density at radius 1 is 1.33 bits per heavy atom. The molecule has 7 nitrogen and oxygen atoms in total. The highest BCUT2D eigenvalue weighted by molar-refractivity contribution is 5.82. The summed E-state index contributed by atoms with van der Waals surface area (Å²) in [6.45, 7) is 0. The molecule has 0 saturated carbocycles. The van der Waals surface area contributed by atoms with Crippen LogP contribution >= 0.6 is 0 Å². The van der Waals surface area contributed by atoms with Crippen molar-refractivity contribution >= 4 is 22.9 Å². The number of nitrogens with zero attached hydrogens (tertiary/aromatic N) is 4. The van der Waals surface area contributed by atoms with Crippen molar-refractivity contribution in [1.82, 2.24) is 19.5 Å². The van der Waals surface area contributed by atoms with Crippen molar-refractivity contribution in [2.45, 2.75) is 12.5 Å². The number of anilines is 1. The number of imidazole rings is 1. The van der Waals surface area contributed by atoms with E-state index in [0.717, 1.165) is 0 Å². The third-order valence-electron chi connectivity index (χ3n) is 3.17. The van der Waals surface area contributed by atoms with Crippen LogP contribution < -0.4 is 11.5 Å². The number of hydrogen-bond acceptors (Lipinski definition) is 5. The van der Waals surface area contributed by atoms with Crippen molar-refractivity contribution in [3.63, 3.8) is 0 Å². The topological polar surface area (TPSA) is 113 Å². The van der Waals surface area contributed by atoms with Crippen molar-refractivity contribution in [1.29, 1.82) is 0 Å². The second kappa shape index (κ2) is 3.80. The summed E-state index contributed by atoms with van der Waals surface area (Å²) in [5.74, 6) is -0.189. The van der Waals surface area contributed by atoms with Crippen LogP contribution in [0, 0.1) is 5.92 Å². The third kappa shape index (κ3) is 1.52. The number of amides is 1. The van der Waals surface area contributed by atoms with E-state index < -0.39 is 0 Å². The molecule has 0 aromatic carbocycles. The van der Waals surface area contributed by atoms with Gasteiger partial charge < -0.3 is 16.0 Å². The number of nitrogens with two attached hydrogens (primary N) is 2. The van der Waals surface area contributed by atoms with Gasteiger partial charge in [0.2, 0.25) is 5.91 Å². The fourth-order valence-corrected chi connectivity index (χ4v) is 2.21. The van der Waals surface area contributed by atoms with Gasteiger partial charge in [0, 0.05) is 0 Å². The third-order valence-corrected chi connectivity index (χ3v) is 3.17. The molecule has 0 aliphatic heterocycles. The average molecular weight is 244 g/mol. The van der Waals surface area contributed by atoms with Crippen LogP contribution in [0.5, 0.6) is 0 Å². The summed E-state index contributed by atoms with van der Waals surface area (Å²) in [6, 6.07) is 0.0294. The lowest BCUT2D eigenvalue weighted by Gasteiger charge is -2.11. The Balaban J connectivity index is 2.00. The molecule has 2 aromatic heterocycles. The zero-order valence-corrected chi connectivity index (χ0v) is 9.52. The van der Waals surface area contributed by atoms with E-state index in [9.17, 15) is 4.79 Å². The molecular formula is C11H12N6O. The van der Waals surface area contributed by atoms with Gasteiger partial charge in [-0.05, 0) is 6.42 Å².